The lowest BCUT2D eigenvalue weighted by Crippen LogP contribution is -2.49. The number of hydrogen-bond donors (Lipinski definition) is 2. The minimum atomic E-state index is -0.851. The molecule has 0 bridgehead atoms. The number of aliphatic carboxylic acids is 1. The number of carboxylic acid groups (broad SMARTS) is 1. The summed E-state index contributed by atoms with van der Waals surface area (Å²) in [7, 11) is 2.07. The summed E-state index contributed by atoms with van der Waals surface area (Å²) in [6.45, 7) is 6.70. The second kappa shape index (κ2) is 8.09. The van der Waals surface area contributed by atoms with E-state index in [0.29, 0.717) is 6.42 Å². The van der Waals surface area contributed by atoms with Crippen molar-refractivity contribution in [2.24, 2.45) is 5.92 Å². The highest BCUT2D eigenvalue weighted by molar-refractivity contribution is 5.76. The molecule has 2 unspecified atom stereocenters. The first-order chi connectivity index (χ1) is 9.49. The largest absolute Gasteiger partial charge is 0.481 e. The van der Waals surface area contributed by atoms with Gasteiger partial charge in [0.25, 0.3) is 0 Å². The maximum atomic E-state index is 12.3. The van der Waals surface area contributed by atoms with Crippen molar-refractivity contribution in [3.05, 3.63) is 0 Å². The van der Waals surface area contributed by atoms with Gasteiger partial charge in [0.05, 0.1) is 5.92 Å². The summed E-state index contributed by atoms with van der Waals surface area (Å²) in [5.41, 5.74) is 0. The number of nitrogens with one attached hydrogen (secondary N) is 1. The normalized spacial score (nSPS) is 22.1. The van der Waals surface area contributed by atoms with Crippen molar-refractivity contribution in [1.82, 2.24) is 15.1 Å². The summed E-state index contributed by atoms with van der Waals surface area (Å²) >= 11 is 0. The highest BCUT2D eigenvalue weighted by Gasteiger charge is 2.26. The summed E-state index contributed by atoms with van der Waals surface area (Å²) < 4.78 is 0. The van der Waals surface area contributed by atoms with E-state index in [1.54, 1.807) is 0 Å². The van der Waals surface area contributed by atoms with Gasteiger partial charge < -0.3 is 20.2 Å². The van der Waals surface area contributed by atoms with E-state index in [9.17, 15) is 9.59 Å². The van der Waals surface area contributed by atoms with Gasteiger partial charge in [-0.1, -0.05) is 13.8 Å². The standard InChI is InChI=1S/C14H27N3O3/c1-4-11(13(18)19)9-15-14(20)17-8-6-7-16(3)10-12(17)5-2/h11-12H,4-10H2,1-3H3,(H,15,20)(H,18,19). The minimum Gasteiger partial charge on any atom is -0.481 e. The maximum Gasteiger partial charge on any atom is 0.317 e. The summed E-state index contributed by atoms with van der Waals surface area (Å²) in [5.74, 6) is -1.36. The third-order valence-corrected chi connectivity index (χ3v) is 3.98. The van der Waals surface area contributed by atoms with Crippen molar-refractivity contribution in [2.75, 3.05) is 33.2 Å². The van der Waals surface area contributed by atoms with Gasteiger partial charge >= 0.3 is 12.0 Å². The van der Waals surface area contributed by atoms with Gasteiger partial charge in [0, 0.05) is 25.7 Å². The van der Waals surface area contributed by atoms with E-state index in [2.05, 4.69) is 24.2 Å². The molecule has 2 amide bonds. The van der Waals surface area contributed by atoms with E-state index in [4.69, 9.17) is 5.11 Å². The van der Waals surface area contributed by atoms with Crippen molar-refractivity contribution in [3.63, 3.8) is 0 Å². The lowest BCUT2D eigenvalue weighted by Gasteiger charge is -2.30. The van der Waals surface area contributed by atoms with E-state index in [0.717, 1.165) is 32.5 Å². The number of carbonyl (C=O) groups is 2. The summed E-state index contributed by atoms with van der Waals surface area (Å²) in [6, 6.07) is 0.0688. The molecular formula is C14H27N3O3. The van der Waals surface area contributed by atoms with Gasteiger partial charge in [0.1, 0.15) is 0 Å². The molecule has 1 rings (SSSR count). The molecule has 20 heavy (non-hydrogen) atoms. The van der Waals surface area contributed by atoms with Gasteiger partial charge in [-0.15, -0.1) is 0 Å². The average molecular weight is 285 g/mol. The van der Waals surface area contributed by atoms with E-state index in [1.807, 2.05) is 11.8 Å². The molecule has 0 aromatic rings. The number of rotatable bonds is 5. The molecule has 1 saturated heterocycles. The lowest BCUT2D eigenvalue weighted by atomic mass is 10.1. The molecule has 0 aromatic carbocycles. The SMILES string of the molecule is CCC(CNC(=O)N1CCCN(C)CC1CC)C(=O)O. The van der Waals surface area contributed by atoms with E-state index >= 15 is 0 Å². The molecule has 6 nitrogen and oxygen atoms in total. The Morgan fingerprint density at radius 1 is 1.35 bits per heavy atom. The van der Waals surface area contributed by atoms with Crippen LogP contribution in [0.4, 0.5) is 4.79 Å². The van der Waals surface area contributed by atoms with Crippen LogP contribution in [-0.4, -0.2) is 66.2 Å². The van der Waals surface area contributed by atoms with Gasteiger partial charge in [0.15, 0.2) is 0 Å². The Bertz CT molecular complexity index is 336. The zero-order valence-electron chi connectivity index (χ0n) is 12.8. The van der Waals surface area contributed by atoms with Gasteiger partial charge in [-0.2, -0.15) is 0 Å². The quantitative estimate of drug-likeness (QED) is 0.796. The molecule has 0 aromatic heterocycles. The Hall–Kier alpha value is -1.30. The maximum absolute atomic E-state index is 12.3. The Kier molecular flexibility index (Phi) is 6.78. The molecular weight excluding hydrogens is 258 g/mol. The Labute approximate surface area is 121 Å². The van der Waals surface area contributed by atoms with Crippen LogP contribution >= 0.6 is 0 Å². The number of carbonyl (C=O) groups excluding carboxylic acids is 1. The molecule has 1 heterocycles. The Balaban J connectivity index is 2.57. The first-order valence-electron chi connectivity index (χ1n) is 7.45. The van der Waals surface area contributed by atoms with Gasteiger partial charge in [-0.3, -0.25) is 4.79 Å². The lowest BCUT2D eigenvalue weighted by molar-refractivity contribution is -0.141. The number of amides is 2. The zero-order chi connectivity index (χ0) is 15.1. The van der Waals surface area contributed by atoms with Crippen molar-refractivity contribution < 1.29 is 14.7 Å². The summed E-state index contributed by atoms with van der Waals surface area (Å²) in [6.07, 6.45) is 2.39. The van der Waals surface area contributed by atoms with Crippen LogP contribution in [0.5, 0.6) is 0 Å². The van der Waals surface area contributed by atoms with Gasteiger partial charge in [0.2, 0.25) is 0 Å². The van der Waals surface area contributed by atoms with Crippen molar-refractivity contribution in [1.29, 1.82) is 0 Å². The van der Waals surface area contributed by atoms with E-state index in [1.165, 1.54) is 0 Å². The molecule has 1 fully saturated rings. The molecule has 2 N–H and O–H groups in total. The molecule has 116 valence electrons. The van der Waals surface area contributed by atoms with Crippen LogP contribution < -0.4 is 5.32 Å². The second-order valence-corrected chi connectivity index (χ2v) is 5.50. The molecule has 0 saturated carbocycles. The zero-order valence-corrected chi connectivity index (χ0v) is 12.8. The van der Waals surface area contributed by atoms with Crippen LogP contribution in [0, 0.1) is 5.92 Å². The van der Waals surface area contributed by atoms with Crippen molar-refractivity contribution in [2.45, 2.75) is 39.2 Å². The highest BCUT2D eigenvalue weighted by atomic mass is 16.4. The smallest absolute Gasteiger partial charge is 0.317 e. The number of urea groups is 1. The summed E-state index contributed by atoms with van der Waals surface area (Å²) in [4.78, 5) is 27.3. The molecule has 0 radical (unpaired) electrons. The first kappa shape index (κ1) is 16.8. The number of likely N-dealkylation sites (N-methyl/N-ethyl adjacent to an activating group) is 1. The van der Waals surface area contributed by atoms with Crippen LogP contribution in [0.1, 0.15) is 33.1 Å². The fourth-order valence-electron chi connectivity index (χ4n) is 2.58. The highest BCUT2D eigenvalue weighted by Crippen LogP contribution is 2.12. The predicted molar refractivity (Wildman–Crippen MR) is 77.7 cm³/mol. The third-order valence-electron chi connectivity index (χ3n) is 3.98. The first-order valence-corrected chi connectivity index (χ1v) is 7.45. The van der Waals surface area contributed by atoms with Gasteiger partial charge in [-0.25, -0.2) is 4.79 Å². The van der Waals surface area contributed by atoms with Crippen LogP contribution in [0.3, 0.4) is 0 Å². The molecule has 0 aliphatic carbocycles. The van der Waals surface area contributed by atoms with Crippen LogP contribution in [0.2, 0.25) is 0 Å². The molecule has 0 spiro atoms. The van der Waals surface area contributed by atoms with Crippen LogP contribution in [0.25, 0.3) is 0 Å². The molecule has 2 atom stereocenters. The average Bonchev–Trinajstić information content (AvgIpc) is 2.60. The van der Waals surface area contributed by atoms with Crippen molar-refractivity contribution in [3.8, 4) is 0 Å². The minimum absolute atomic E-state index is 0.133. The fraction of sp³-hybridized carbons (Fsp3) is 0.857. The number of hydrogen-bond acceptors (Lipinski definition) is 3. The number of carboxylic acids is 1. The Morgan fingerprint density at radius 3 is 2.60 bits per heavy atom. The van der Waals surface area contributed by atoms with Crippen LogP contribution in [-0.2, 0) is 4.79 Å². The Morgan fingerprint density at radius 2 is 2.05 bits per heavy atom. The second-order valence-electron chi connectivity index (χ2n) is 5.50. The van der Waals surface area contributed by atoms with Crippen LogP contribution in [0.15, 0.2) is 0 Å². The summed E-state index contributed by atoms with van der Waals surface area (Å²) in [5, 5.41) is 11.8. The molecule has 1 aliphatic heterocycles. The molecule has 6 heteroatoms. The fourth-order valence-corrected chi connectivity index (χ4v) is 2.58. The van der Waals surface area contributed by atoms with E-state index in [-0.39, 0.29) is 18.6 Å². The van der Waals surface area contributed by atoms with E-state index < -0.39 is 11.9 Å². The van der Waals surface area contributed by atoms with Gasteiger partial charge in [-0.05, 0) is 32.9 Å². The predicted octanol–water partition coefficient (Wildman–Crippen LogP) is 1.22. The number of nitrogens with zero attached hydrogens (tertiary/aromatic N) is 2. The van der Waals surface area contributed by atoms with Crippen molar-refractivity contribution >= 4 is 12.0 Å². The topological polar surface area (TPSA) is 72.9 Å². The monoisotopic (exact) mass is 285 g/mol. The molecule has 1 aliphatic rings. The third kappa shape index (κ3) is 4.67.